The molecule has 1 rings (SSSR count). The van der Waals surface area contributed by atoms with Gasteiger partial charge in [0.25, 0.3) is 0 Å². The summed E-state index contributed by atoms with van der Waals surface area (Å²) in [6.07, 6.45) is 0. The summed E-state index contributed by atoms with van der Waals surface area (Å²) in [5.74, 6) is 0. The van der Waals surface area contributed by atoms with E-state index in [-0.39, 0.29) is 6.04 Å². The van der Waals surface area contributed by atoms with Crippen LogP contribution in [0.4, 0.5) is 11.4 Å². The standard InChI is InChI=1S/C10H14ClN3S/c1-6(2)13-10(15)14-9-5-7(11)3-4-8(9)12/h3-6H,12H2,1-2H3,(H2,13,14,15). The number of hydrogen-bond donors (Lipinski definition) is 3. The molecule has 0 saturated carbocycles. The number of benzene rings is 1. The van der Waals surface area contributed by atoms with E-state index in [1.54, 1.807) is 18.2 Å². The maximum Gasteiger partial charge on any atom is 0.171 e. The summed E-state index contributed by atoms with van der Waals surface area (Å²) in [7, 11) is 0. The number of thiocarbonyl (C=S) groups is 1. The molecule has 0 saturated heterocycles. The molecule has 0 aliphatic rings. The fraction of sp³-hybridized carbons (Fsp3) is 0.300. The third-order valence-corrected chi connectivity index (χ3v) is 2.14. The minimum Gasteiger partial charge on any atom is -0.397 e. The Morgan fingerprint density at radius 2 is 2.13 bits per heavy atom. The lowest BCUT2D eigenvalue weighted by atomic mass is 10.3. The molecule has 0 bridgehead atoms. The minimum absolute atomic E-state index is 0.283. The van der Waals surface area contributed by atoms with E-state index in [9.17, 15) is 0 Å². The van der Waals surface area contributed by atoms with Crippen molar-refractivity contribution in [2.45, 2.75) is 19.9 Å². The van der Waals surface area contributed by atoms with Gasteiger partial charge < -0.3 is 16.4 Å². The first-order chi connectivity index (χ1) is 6.99. The second-order valence-corrected chi connectivity index (χ2v) is 4.33. The molecule has 0 aliphatic carbocycles. The van der Waals surface area contributed by atoms with E-state index >= 15 is 0 Å². The third kappa shape index (κ3) is 3.93. The van der Waals surface area contributed by atoms with Gasteiger partial charge in [0.15, 0.2) is 5.11 Å². The van der Waals surface area contributed by atoms with E-state index in [2.05, 4.69) is 10.6 Å². The van der Waals surface area contributed by atoms with Crippen LogP contribution in [0.25, 0.3) is 0 Å². The Balaban J connectivity index is 2.71. The molecule has 4 N–H and O–H groups in total. The Labute approximate surface area is 100.0 Å². The molecular weight excluding hydrogens is 230 g/mol. The average molecular weight is 244 g/mol. The first-order valence-corrected chi connectivity index (χ1v) is 5.40. The van der Waals surface area contributed by atoms with Crippen LogP contribution < -0.4 is 16.4 Å². The van der Waals surface area contributed by atoms with Gasteiger partial charge in [-0.05, 0) is 44.3 Å². The Bertz CT molecular complexity index is 366. The molecule has 0 heterocycles. The van der Waals surface area contributed by atoms with E-state index in [1.807, 2.05) is 13.8 Å². The van der Waals surface area contributed by atoms with Crippen LogP contribution in [0.2, 0.25) is 5.02 Å². The predicted molar refractivity (Wildman–Crippen MR) is 70.4 cm³/mol. The van der Waals surface area contributed by atoms with E-state index in [1.165, 1.54) is 0 Å². The van der Waals surface area contributed by atoms with Gasteiger partial charge in [0, 0.05) is 11.1 Å². The molecule has 0 unspecified atom stereocenters. The molecule has 15 heavy (non-hydrogen) atoms. The quantitative estimate of drug-likeness (QED) is 0.552. The lowest BCUT2D eigenvalue weighted by Crippen LogP contribution is -2.34. The molecule has 0 aliphatic heterocycles. The zero-order valence-corrected chi connectivity index (χ0v) is 10.2. The summed E-state index contributed by atoms with van der Waals surface area (Å²) in [6, 6.07) is 5.50. The molecule has 0 spiro atoms. The average Bonchev–Trinajstić information content (AvgIpc) is 2.10. The number of nitrogens with one attached hydrogen (secondary N) is 2. The van der Waals surface area contributed by atoms with Crippen LogP contribution in [0, 0.1) is 0 Å². The van der Waals surface area contributed by atoms with Gasteiger partial charge in [0.05, 0.1) is 11.4 Å². The number of anilines is 2. The van der Waals surface area contributed by atoms with Crippen molar-refractivity contribution in [1.82, 2.24) is 5.32 Å². The molecule has 1 aromatic rings. The monoisotopic (exact) mass is 243 g/mol. The predicted octanol–water partition coefficient (Wildman–Crippen LogP) is 2.62. The summed E-state index contributed by atoms with van der Waals surface area (Å²) < 4.78 is 0. The van der Waals surface area contributed by atoms with Crippen molar-refractivity contribution >= 4 is 40.3 Å². The molecule has 82 valence electrons. The van der Waals surface area contributed by atoms with Crippen LogP contribution in [-0.2, 0) is 0 Å². The number of nitrogens with two attached hydrogens (primary N) is 1. The van der Waals surface area contributed by atoms with Crippen LogP contribution in [0.5, 0.6) is 0 Å². The summed E-state index contributed by atoms with van der Waals surface area (Å²) in [5, 5.41) is 7.22. The van der Waals surface area contributed by atoms with Crippen molar-refractivity contribution in [3.8, 4) is 0 Å². The van der Waals surface area contributed by atoms with Gasteiger partial charge in [-0.3, -0.25) is 0 Å². The first kappa shape index (κ1) is 12.1. The zero-order valence-electron chi connectivity index (χ0n) is 8.67. The van der Waals surface area contributed by atoms with Gasteiger partial charge in [-0.25, -0.2) is 0 Å². The Morgan fingerprint density at radius 3 is 2.73 bits per heavy atom. The Kier molecular flexibility index (Phi) is 4.17. The highest BCUT2D eigenvalue weighted by atomic mass is 35.5. The maximum atomic E-state index is 5.85. The largest absolute Gasteiger partial charge is 0.397 e. The highest BCUT2D eigenvalue weighted by Gasteiger charge is 2.03. The van der Waals surface area contributed by atoms with Gasteiger partial charge in [0.2, 0.25) is 0 Å². The molecule has 0 atom stereocenters. The molecule has 0 fully saturated rings. The normalized spacial score (nSPS) is 10.1. The summed E-state index contributed by atoms with van der Waals surface area (Å²) in [5.41, 5.74) is 7.10. The fourth-order valence-electron chi connectivity index (χ4n) is 1.06. The van der Waals surface area contributed by atoms with Gasteiger partial charge >= 0.3 is 0 Å². The van der Waals surface area contributed by atoms with Crippen molar-refractivity contribution in [3.63, 3.8) is 0 Å². The lowest BCUT2D eigenvalue weighted by Gasteiger charge is -2.14. The van der Waals surface area contributed by atoms with Crippen molar-refractivity contribution in [2.75, 3.05) is 11.1 Å². The van der Waals surface area contributed by atoms with Crippen molar-refractivity contribution in [1.29, 1.82) is 0 Å². The van der Waals surface area contributed by atoms with Gasteiger partial charge in [-0.2, -0.15) is 0 Å². The topological polar surface area (TPSA) is 50.1 Å². The second-order valence-electron chi connectivity index (χ2n) is 3.48. The summed E-state index contributed by atoms with van der Waals surface area (Å²) in [6.45, 7) is 4.02. The fourth-order valence-corrected chi connectivity index (χ4v) is 1.58. The highest BCUT2D eigenvalue weighted by Crippen LogP contribution is 2.22. The molecule has 0 aromatic heterocycles. The van der Waals surface area contributed by atoms with E-state index in [0.717, 1.165) is 5.69 Å². The van der Waals surface area contributed by atoms with Crippen LogP contribution in [0.1, 0.15) is 13.8 Å². The molecular formula is C10H14ClN3S. The van der Waals surface area contributed by atoms with Gasteiger partial charge in [0.1, 0.15) is 0 Å². The van der Waals surface area contributed by atoms with Crippen LogP contribution in [0.15, 0.2) is 18.2 Å². The Hall–Kier alpha value is -1.00. The number of nitrogen functional groups attached to an aromatic ring is 1. The summed E-state index contributed by atoms with van der Waals surface area (Å²) >= 11 is 10.9. The van der Waals surface area contributed by atoms with Crippen molar-refractivity contribution in [3.05, 3.63) is 23.2 Å². The lowest BCUT2D eigenvalue weighted by molar-refractivity contribution is 0.739. The number of hydrogen-bond acceptors (Lipinski definition) is 2. The number of rotatable bonds is 2. The van der Waals surface area contributed by atoms with E-state index < -0.39 is 0 Å². The third-order valence-electron chi connectivity index (χ3n) is 1.68. The maximum absolute atomic E-state index is 5.85. The molecule has 0 amide bonds. The second kappa shape index (κ2) is 5.19. The number of halogens is 1. The molecule has 1 aromatic carbocycles. The minimum atomic E-state index is 0.283. The van der Waals surface area contributed by atoms with Crippen LogP contribution >= 0.6 is 23.8 Å². The van der Waals surface area contributed by atoms with Crippen molar-refractivity contribution < 1.29 is 0 Å². The molecule has 5 heteroatoms. The van der Waals surface area contributed by atoms with E-state index in [0.29, 0.717) is 15.8 Å². The smallest absolute Gasteiger partial charge is 0.171 e. The van der Waals surface area contributed by atoms with Crippen LogP contribution in [0.3, 0.4) is 0 Å². The highest BCUT2D eigenvalue weighted by molar-refractivity contribution is 7.80. The molecule has 0 radical (unpaired) electrons. The van der Waals surface area contributed by atoms with E-state index in [4.69, 9.17) is 29.6 Å². The van der Waals surface area contributed by atoms with Gasteiger partial charge in [-0.15, -0.1) is 0 Å². The van der Waals surface area contributed by atoms with Crippen LogP contribution in [-0.4, -0.2) is 11.2 Å². The van der Waals surface area contributed by atoms with Gasteiger partial charge in [-0.1, -0.05) is 11.6 Å². The first-order valence-electron chi connectivity index (χ1n) is 4.61. The Morgan fingerprint density at radius 1 is 1.47 bits per heavy atom. The SMILES string of the molecule is CC(C)NC(=S)Nc1cc(Cl)ccc1N. The molecule has 3 nitrogen and oxygen atoms in total. The zero-order chi connectivity index (χ0) is 11.4. The summed E-state index contributed by atoms with van der Waals surface area (Å²) in [4.78, 5) is 0. The van der Waals surface area contributed by atoms with Crippen molar-refractivity contribution in [2.24, 2.45) is 0 Å².